The van der Waals surface area contributed by atoms with Crippen LogP contribution in [-0.2, 0) is 4.79 Å². The molecule has 100 valence electrons. The fourth-order valence-electron chi connectivity index (χ4n) is 1.76. The first-order valence-electron chi connectivity index (χ1n) is 5.86. The maximum Gasteiger partial charge on any atom is 0.267 e. The van der Waals surface area contributed by atoms with Crippen molar-refractivity contribution in [1.29, 1.82) is 0 Å². The molecule has 1 aromatic carbocycles. The Balaban J connectivity index is 2.07. The summed E-state index contributed by atoms with van der Waals surface area (Å²) in [5.74, 6) is 0.538. The van der Waals surface area contributed by atoms with Gasteiger partial charge >= 0.3 is 0 Å². The Hall–Kier alpha value is -2.50. The molecule has 0 spiro atoms. The summed E-state index contributed by atoms with van der Waals surface area (Å²) in [6.07, 6.45) is 0.599. The maximum atomic E-state index is 11.8. The molecule has 2 rings (SSSR count). The van der Waals surface area contributed by atoms with E-state index in [1.807, 2.05) is 18.2 Å². The number of carbonyl (C=O) groups is 2. The highest BCUT2D eigenvalue weighted by molar-refractivity contribution is 5.98. The zero-order valence-corrected chi connectivity index (χ0v) is 10.5. The van der Waals surface area contributed by atoms with Crippen LogP contribution < -0.4 is 15.4 Å². The maximum absolute atomic E-state index is 11.8. The molecule has 6 heteroatoms. The summed E-state index contributed by atoms with van der Waals surface area (Å²) >= 11 is 0. The smallest absolute Gasteiger partial charge is 0.267 e. The summed E-state index contributed by atoms with van der Waals surface area (Å²) in [4.78, 5) is 24.9. The van der Waals surface area contributed by atoms with Crippen LogP contribution in [0.5, 0.6) is 5.75 Å². The third-order valence-electron chi connectivity index (χ3n) is 2.71. The van der Waals surface area contributed by atoms with Crippen molar-refractivity contribution in [2.45, 2.75) is 0 Å². The van der Waals surface area contributed by atoms with Gasteiger partial charge in [0, 0.05) is 24.0 Å². The molecule has 2 amide bonds. The Morgan fingerprint density at radius 3 is 2.95 bits per heavy atom. The predicted octanol–water partition coefficient (Wildman–Crippen LogP) is 0.652. The molecule has 0 saturated heterocycles. The van der Waals surface area contributed by atoms with Gasteiger partial charge in [0.25, 0.3) is 5.91 Å². The first-order chi connectivity index (χ1) is 9.24. The second kappa shape index (κ2) is 5.90. The van der Waals surface area contributed by atoms with E-state index in [1.54, 1.807) is 13.2 Å². The van der Waals surface area contributed by atoms with Crippen molar-refractivity contribution < 1.29 is 14.3 Å². The van der Waals surface area contributed by atoms with Crippen molar-refractivity contribution in [2.24, 2.45) is 0 Å². The summed E-state index contributed by atoms with van der Waals surface area (Å²) in [6, 6.07) is 7.31. The number of hydrogen-bond acceptors (Lipinski definition) is 3. The van der Waals surface area contributed by atoms with E-state index < -0.39 is 0 Å². The van der Waals surface area contributed by atoms with Crippen LogP contribution >= 0.6 is 0 Å². The summed E-state index contributed by atoms with van der Waals surface area (Å²) in [5.41, 5.74) is 1.35. The molecule has 0 bridgehead atoms. The van der Waals surface area contributed by atoms with Gasteiger partial charge in [-0.3, -0.25) is 9.59 Å². The molecule has 0 aliphatic rings. The van der Waals surface area contributed by atoms with E-state index in [-0.39, 0.29) is 5.91 Å². The number of nitrogens with one attached hydrogen (secondary N) is 3. The molecule has 0 radical (unpaired) electrons. The van der Waals surface area contributed by atoms with Gasteiger partial charge < -0.3 is 20.4 Å². The van der Waals surface area contributed by atoms with Gasteiger partial charge in [0.1, 0.15) is 11.4 Å². The lowest BCUT2D eigenvalue weighted by Crippen LogP contribution is -2.31. The Kier molecular flexibility index (Phi) is 4.02. The van der Waals surface area contributed by atoms with Crippen molar-refractivity contribution >= 4 is 23.2 Å². The number of fused-ring (bicyclic) bond motifs is 1. The van der Waals surface area contributed by atoms with Crippen LogP contribution in [0.4, 0.5) is 0 Å². The number of benzene rings is 1. The van der Waals surface area contributed by atoms with Gasteiger partial charge in [-0.25, -0.2) is 0 Å². The lowest BCUT2D eigenvalue weighted by atomic mass is 10.2. The first-order valence-corrected chi connectivity index (χ1v) is 5.86. The molecule has 0 saturated carbocycles. The molecule has 0 fully saturated rings. The fourth-order valence-corrected chi connectivity index (χ4v) is 1.76. The number of methoxy groups -OCH3 is 1. The molecule has 3 N–H and O–H groups in total. The van der Waals surface area contributed by atoms with Gasteiger partial charge in [-0.1, -0.05) is 0 Å². The normalized spacial score (nSPS) is 10.2. The number of ether oxygens (including phenoxy) is 1. The minimum atomic E-state index is -0.206. The highest BCUT2D eigenvalue weighted by Gasteiger charge is 2.09. The Labute approximate surface area is 110 Å². The van der Waals surface area contributed by atoms with Gasteiger partial charge in [-0.05, 0) is 24.3 Å². The minimum Gasteiger partial charge on any atom is -0.497 e. The molecule has 1 heterocycles. The van der Waals surface area contributed by atoms with E-state index in [0.717, 1.165) is 16.7 Å². The standard InChI is InChI=1S/C13H15N3O3/c1-19-10-2-3-11-9(6-10)7-12(16-11)13(18)15-5-4-14-8-17/h2-3,6-8,16H,4-5H2,1H3,(H,14,17)(H,15,18). The van der Waals surface area contributed by atoms with Crippen molar-refractivity contribution in [3.05, 3.63) is 30.0 Å². The largest absolute Gasteiger partial charge is 0.497 e. The van der Waals surface area contributed by atoms with Gasteiger partial charge in [-0.15, -0.1) is 0 Å². The van der Waals surface area contributed by atoms with Crippen LogP contribution in [0, 0.1) is 0 Å². The van der Waals surface area contributed by atoms with Gasteiger partial charge in [0.2, 0.25) is 6.41 Å². The van der Waals surface area contributed by atoms with Gasteiger partial charge in [0.15, 0.2) is 0 Å². The third-order valence-corrected chi connectivity index (χ3v) is 2.71. The molecular formula is C13H15N3O3. The molecular weight excluding hydrogens is 246 g/mol. The molecule has 0 unspecified atom stereocenters. The van der Waals surface area contributed by atoms with E-state index in [0.29, 0.717) is 25.2 Å². The fraction of sp³-hybridized carbons (Fsp3) is 0.231. The number of aromatic nitrogens is 1. The zero-order chi connectivity index (χ0) is 13.7. The number of hydrogen-bond donors (Lipinski definition) is 3. The predicted molar refractivity (Wildman–Crippen MR) is 71.3 cm³/mol. The Morgan fingerprint density at radius 1 is 1.37 bits per heavy atom. The summed E-state index contributed by atoms with van der Waals surface area (Å²) in [6.45, 7) is 0.791. The number of carbonyl (C=O) groups excluding carboxylic acids is 2. The van der Waals surface area contributed by atoms with Crippen LogP contribution in [0.3, 0.4) is 0 Å². The molecule has 1 aromatic heterocycles. The van der Waals surface area contributed by atoms with Crippen LogP contribution in [0.1, 0.15) is 10.5 Å². The van der Waals surface area contributed by atoms with Crippen molar-refractivity contribution in [3.8, 4) is 5.75 Å². The van der Waals surface area contributed by atoms with E-state index in [9.17, 15) is 9.59 Å². The monoisotopic (exact) mass is 261 g/mol. The van der Waals surface area contributed by atoms with Crippen molar-refractivity contribution in [3.63, 3.8) is 0 Å². The van der Waals surface area contributed by atoms with E-state index in [1.165, 1.54) is 0 Å². The quantitative estimate of drug-likeness (QED) is 0.527. The number of H-pyrrole nitrogens is 1. The number of amides is 2. The highest BCUT2D eigenvalue weighted by Crippen LogP contribution is 2.21. The van der Waals surface area contributed by atoms with E-state index >= 15 is 0 Å². The van der Waals surface area contributed by atoms with Crippen LogP contribution in [-0.4, -0.2) is 37.5 Å². The van der Waals surface area contributed by atoms with E-state index in [2.05, 4.69) is 15.6 Å². The highest BCUT2D eigenvalue weighted by atomic mass is 16.5. The lowest BCUT2D eigenvalue weighted by Gasteiger charge is -2.02. The summed E-state index contributed by atoms with van der Waals surface area (Å²) < 4.78 is 5.13. The summed E-state index contributed by atoms with van der Waals surface area (Å²) in [5, 5.41) is 6.09. The molecule has 0 aliphatic heterocycles. The molecule has 19 heavy (non-hydrogen) atoms. The van der Waals surface area contributed by atoms with Crippen molar-refractivity contribution in [1.82, 2.24) is 15.6 Å². The molecule has 2 aromatic rings. The third kappa shape index (κ3) is 3.04. The zero-order valence-electron chi connectivity index (χ0n) is 10.5. The molecule has 6 nitrogen and oxygen atoms in total. The molecule has 0 atom stereocenters. The minimum absolute atomic E-state index is 0.206. The summed E-state index contributed by atoms with van der Waals surface area (Å²) in [7, 11) is 1.60. The van der Waals surface area contributed by atoms with Crippen LogP contribution in [0.25, 0.3) is 10.9 Å². The van der Waals surface area contributed by atoms with E-state index in [4.69, 9.17) is 4.74 Å². The van der Waals surface area contributed by atoms with Crippen molar-refractivity contribution in [2.75, 3.05) is 20.2 Å². The Bertz CT molecular complexity index is 592. The SMILES string of the molecule is COc1ccc2[nH]c(C(=O)NCCNC=O)cc2c1. The molecule has 0 aliphatic carbocycles. The van der Waals surface area contributed by atoms with Gasteiger partial charge in [0.05, 0.1) is 7.11 Å². The second-order valence-electron chi connectivity index (χ2n) is 3.96. The lowest BCUT2D eigenvalue weighted by molar-refractivity contribution is -0.109. The first kappa shape index (κ1) is 12.9. The second-order valence-corrected chi connectivity index (χ2v) is 3.96. The topological polar surface area (TPSA) is 83.2 Å². The van der Waals surface area contributed by atoms with Crippen LogP contribution in [0.15, 0.2) is 24.3 Å². The Morgan fingerprint density at radius 2 is 2.21 bits per heavy atom. The van der Waals surface area contributed by atoms with Crippen LogP contribution in [0.2, 0.25) is 0 Å². The number of rotatable bonds is 6. The van der Waals surface area contributed by atoms with Gasteiger partial charge in [-0.2, -0.15) is 0 Å². The average molecular weight is 261 g/mol. The average Bonchev–Trinajstić information content (AvgIpc) is 2.86. The number of aromatic amines is 1.